The van der Waals surface area contributed by atoms with E-state index in [9.17, 15) is 29.2 Å². The first-order valence-electron chi connectivity index (χ1n) is 19.2. The summed E-state index contributed by atoms with van der Waals surface area (Å²) in [4.78, 5) is 72.0. The van der Waals surface area contributed by atoms with Gasteiger partial charge in [0.2, 0.25) is 11.8 Å². The Balaban J connectivity index is 0.784. The molecule has 284 valence electrons. The lowest BCUT2D eigenvalue weighted by atomic mass is 9.90. The second-order valence-corrected chi connectivity index (χ2v) is 16.0. The second-order valence-electron chi connectivity index (χ2n) is 15.6. The van der Waals surface area contributed by atoms with Crippen LogP contribution in [0.25, 0.3) is 0 Å². The number of amides is 5. The molecule has 2 N–H and O–H groups in total. The third-order valence-electron chi connectivity index (χ3n) is 12.3. The molecule has 3 aromatic rings. The molecule has 55 heavy (non-hydrogen) atoms. The van der Waals surface area contributed by atoms with Gasteiger partial charge in [0.25, 0.3) is 17.7 Å². The zero-order valence-electron chi connectivity index (χ0n) is 30.9. The number of nitrogens with zero attached hydrogens (tertiary/aromatic N) is 5. The molecule has 3 aromatic carbocycles. The summed E-state index contributed by atoms with van der Waals surface area (Å²) >= 11 is 6.26. The lowest BCUT2D eigenvalue weighted by Gasteiger charge is -2.36. The van der Waals surface area contributed by atoms with Gasteiger partial charge in [0.05, 0.1) is 21.7 Å². The maximum Gasteiger partial charge on any atom is 0.262 e. The normalized spacial score (nSPS) is 23.3. The van der Waals surface area contributed by atoms with Gasteiger partial charge in [0, 0.05) is 62.5 Å². The van der Waals surface area contributed by atoms with Crippen LogP contribution in [0.15, 0.2) is 54.6 Å². The van der Waals surface area contributed by atoms with Gasteiger partial charge in [-0.25, -0.2) is 0 Å². The number of carbonyl (C=O) groups is 5. The first-order valence-corrected chi connectivity index (χ1v) is 19.6. The minimum atomic E-state index is -0.960. The monoisotopic (exact) mass is 761 g/mol. The van der Waals surface area contributed by atoms with Crippen LogP contribution >= 0.6 is 11.6 Å². The molecule has 0 radical (unpaired) electrons. The molecule has 12 nitrogen and oxygen atoms in total. The molecule has 3 fully saturated rings. The number of carbonyl (C=O) groups excluding carboxylic acids is 5. The van der Waals surface area contributed by atoms with Crippen LogP contribution < -0.4 is 15.5 Å². The van der Waals surface area contributed by atoms with E-state index in [1.807, 2.05) is 36.4 Å². The van der Waals surface area contributed by atoms with E-state index in [1.165, 1.54) is 5.56 Å². The predicted octanol–water partition coefficient (Wildman–Crippen LogP) is 4.77. The highest BCUT2D eigenvalue weighted by atomic mass is 35.5. The van der Waals surface area contributed by atoms with Crippen molar-refractivity contribution in [2.45, 2.75) is 95.2 Å². The fraction of sp³-hybridized carbons (Fsp3) is 0.429. The topological polar surface area (TPSA) is 146 Å². The summed E-state index contributed by atoms with van der Waals surface area (Å²) in [5.41, 5.74) is 6.07. The average molecular weight is 762 g/mol. The van der Waals surface area contributed by atoms with Gasteiger partial charge in [-0.1, -0.05) is 23.7 Å². The van der Waals surface area contributed by atoms with Crippen molar-refractivity contribution >= 4 is 46.8 Å². The van der Waals surface area contributed by atoms with E-state index < -0.39 is 23.8 Å². The minimum absolute atomic E-state index is 0.0414. The molecule has 1 saturated carbocycles. The quantitative estimate of drug-likeness (QED) is 0.310. The Morgan fingerprint density at radius 2 is 1.55 bits per heavy atom. The number of piperidine rings is 2. The molecule has 0 bridgehead atoms. The van der Waals surface area contributed by atoms with Crippen LogP contribution in [-0.4, -0.2) is 88.5 Å². The SMILES string of the molecule is CN(c1ccc(C#N)c(Cl)c1)[C@H]1CC[C@H](NC(=O)c2ccc(CN3CCC(N4Cc5cc6c(cc5C4)C(=O)N([C@@H]4CCC(=O)NC4=O)C6=O)CC3)cc2)CC1. The summed E-state index contributed by atoms with van der Waals surface area (Å²) < 4.78 is 0. The van der Waals surface area contributed by atoms with E-state index in [1.54, 1.807) is 6.07 Å². The van der Waals surface area contributed by atoms with Crippen molar-refractivity contribution in [3.63, 3.8) is 0 Å². The number of rotatable bonds is 8. The molecule has 1 aliphatic carbocycles. The Bertz CT molecular complexity index is 2050. The molecule has 1 atom stereocenters. The number of halogens is 1. The number of imide groups is 2. The first-order chi connectivity index (χ1) is 26.6. The Labute approximate surface area is 325 Å². The van der Waals surface area contributed by atoms with Crippen molar-refractivity contribution in [1.29, 1.82) is 5.26 Å². The lowest BCUT2D eigenvalue weighted by molar-refractivity contribution is -0.136. The molecule has 8 rings (SSSR count). The average Bonchev–Trinajstić information content (AvgIpc) is 3.71. The van der Waals surface area contributed by atoms with Gasteiger partial charge >= 0.3 is 0 Å². The maximum absolute atomic E-state index is 13.3. The number of likely N-dealkylation sites (tertiary alicyclic amines) is 1. The number of benzene rings is 3. The van der Waals surface area contributed by atoms with Crippen LogP contribution in [0.3, 0.4) is 0 Å². The van der Waals surface area contributed by atoms with Crippen LogP contribution in [0.2, 0.25) is 5.02 Å². The van der Waals surface area contributed by atoms with Crippen LogP contribution in [0.5, 0.6) is 0 Å². The van der Waals surface area contributed by atoms with Gasteiger partial charge in [0.15, 0.2) is 0 Å². The number of nitrogens with one attached hydrogen (secondary N) is 2. The molecule has 4 aliphatic heterocycles. The standard InChI is InChI=1S/C42H44ClN7O5/c1-47(33-9-6-27(21-44)36(43)20-33)31-10-7-30(8-11-31)45-39(52)26-4-2-25(3-5-26)22-48-16-14-32(15-17-48)49-23-28-18-34-35(19-29(28)24-49)42(55)50(41(34)54)37-12-13-38(51)46-40(37)53/h2-6,9,18-20,30-32,37H,7-8,10-17,22-24H2,1H3,(H,45,52)(H,46,51,53)/t30-,31-,37-/m1/s1. The van der Waals surface area contributed by atoms with Crippen LogP contribution in [0, 0.1) is 11.3 Å². The molecule has 5 amide bonds. The Morgan fingerprint density at radius 1 is 0.891 bits per heavy atom. The Morgan fingerprint density at radius 3 is 2.15 bits per heavy atom. The highest BCUT2D eigenvalue weighted by Gasteiger charge is 2.45. The van der Waals surface area contributed by atoms with Gasteiger partial charge in [-0.05, 0) is 117 Å². The van der Waals surface area contributed by atoms with Crippen molar-refractivity contribution in [2.24, 2.45) is 0 Å². The summed E-state index contributed by atoms with van der Waals surface area (Å²) in [5.74, 6) is -1.96. The molecule has 13 heteroatoms. The third kappa shape index (κ3) is 7.36. The zero-order chi connectivity index (χ0) is 38.4. The van der Waals surface area contributed by atoms with Crippen molar-refractivity contribution in [2.75, 3.05) is 25.0 Å². The van der Waals surface area contributed by atoms with Crippen LogP contribution in [-0.2, 0) is 29.2 Å². The summed E-state index contributed by atoms with van der Waals surface area (Å²) in [6, 6.07) is 19.2. The Kier molecular flexibility index (Phi) is 10.2. The third-order valence-corrected chi connectivity index (χ3v) is 12.6. The zero-order valence-corrected chi connectivity index (χ0v) is 31.6. The molecular weight excluding hydrogens is 718 g/mol. The highest BCUT2D eigenvalue weighted by Crippen LogP contribution is 2.36. The van der Waals surface area contributed by atoms with Gasteiger partial charge < -0.3 is 10.2 Å². The first kappa shape index (κ1) is 36.9. The molecule has 2 saturated heterocycles. The van der Waals surface area contributed by atoms with E-state index in [4.69, 9.17) is 11.6 Å². The number of anilines is 1. The van der Waals surface area contributed by atoms with Gasteiger partial charge in [-0.3, -0.25) is 44.0 Å². The summed E-state index contributed by atoms with van der Waals surface area (Å²) in [6.45, 7) is 4.14. The lowest BCUT2D eigenvalue weighted by Crippen LogP contribution is -2.54. The summed E-state index contributed by atoms with van der Waals surface area (Å²) in [6.07, 6.45) is 5.97. The van der Waals surface area contributed by atoms with E-state index >= 15 is 0 Å². The number of nitriles is 1. The number of hydrogen-bond donors (Lipinski definition) is 2. The van der Waals surface area contributed by atoms with Gasteiger partial charge in [0.1, 0.15) is 12.1 Å². The minimum Gasteiger partial charge on any atom is -0.372 e. The highest BCUT2D eigenvalue weighted by molar-refractivity contribution is 6.32. The van der Waals surface area contributed by atoms with E-state index in [0.717, 1.165) is 79.9 Å². The molecule has 0 aromatic heterocycles. The molecule has 5 aliphatic rings. The van der Waals surface area contributed by atoms with Crippen molar-refractivity contribution in [3.05, 3.63) is 98.6 Å². The fourth-order valence-corrected chi connectivity index (χ4v) is 9.23. The van der Waals surface area contributed by atoms with Crippen molar-refractivity contribution in [3.8, 4) is 6.07 Å². The smallest absolute Gasteiger partial charge is 0.262 e. The van der Waals surface area contributed by atoms with Gasteiger partial charge in [-0.2, -0.15) is 5.26 Å². The van der Waals surface area contributed by atoms with Crippen molar-refractivity contribution in [1.82, 2.24) is 25.3 Å². The fourth-order valence-electron chi connectivity index (χ4n) is 9.02. The molecule has 0 unspecified atom stereocenters. The number of hydrogen-bond acceptors (Lipinski definition) is 9. The molecule has 4 heterocycles. The molecular formula is C42H44ClN7O5. The second kappa shape index (κ2) is 15.2. The number of fused-ring (bicyclic) bond motifs is 2. The summed E-state index contributed by atoms with van der Waals surface area (Å²) in [5, 5.41) is 15.1. The van der Waals surface area contributed by atoms with E-state index in [-0.39, 0.29) is 30.7 Å². The van der Waals surface area contributed by atoms with Crippen LogP contribution in [0.1, 0.15) is 105 Å². The molecule has 0 spiro atoms. The predicted molar refractivity (Wildman–Crippen MR) is 205 cm³/mol. The Hall–Kier alpha value is -5.09. The van der Waals surface area contributed by atoms with E-state index in [0.29, 0.717) is 52.4 Å². The summed E-state index contributed by atoms with van der Waals surface area (Å²) in [7, 11) is 2.06. The van der Waals surface area contributed by atoms with Gasteiger partial charge in [-0.15, -0.1) is 0 Å². The largest absolute Gasteiger partial charge is 0.372 e. The van der Waals surface area contributed by atoms with Crippen molar-refractivity contribution < 1.29 is 24.0 Å². The maximum atomic E-state index is 13.3. The van der Waals surface area contributed by atoms with Crippen LogP contribution in [0.4, 0.5) is 5.69 Å². The van der Waals surface area contributed by atoms with E-state index in [2.05, 4.69) is 50.6 Å².